The van der Waals surface area contributed by atoms with Gasteiger partial charge in [0.15, 0.2) is 17.2 Å². The number of aryl methyl sites for hydroxylation is 1. The highest BCUT2D eigenvalue weighted by atomic mass is 19.4. The largest absolute Gasteiger partial charge is 0.505 e. The van der Waals surface area contributed by atoms with Crippen molar-refractivity contribution in [2.45, 2.75) is 25.9 Å². The Labute approximate surface area is 197 Å². The van der Waals surface area contributed by atoms with E-state index >= 15 is 0 Å². The molecule has 2 aromatic heterocycles. The molecule has 0 bridgehead atoms. The number of carbonyl (C=O) groups excluding carboxylic acids is 1. The Morgan fingerprint density at radius 2 is 1.97 bits per heavy atom. The minimum Gasteiger partial charge on any atom is -0.505 e. The molecule has 0 saturated heterocycles. The van der Waals surface area contributed by atoms with Crippen molar-refractivity contribution < 1.29 is 27.5 Å². The van der Waals surface area contributed by atoms with Gasteiger partial charge in [-0.25, -0.2) is 13.9 Å². The third-order valence-corrected chi connectivity index (χ3v) is 5.47. The van der Waals surface area contributed by atoms with Gasteiger partial charge in [0, 0.05) is 29.7 Å². The zero-order valence-electron chi connectivity index (χ0n) is 18.5. The average Bonchev–Trinajstić information content (AvgIpc) is 3.20. The van der Waals surface area contributed by atoms with Gasteiger partial charge in [0.1, 0.15) is 0 Å². The first-order valence-corrected chi connectivity index (χ1v) is 10.6. The van der Waals surface area contributed by atoms with Crippen LogP contribution in [0.1, 0.15) is 33.6 Å². The maximum Gasteiger partial charge on any atom is 0.390 e. The van der Waals surface area contributed by atoms with Crippen molar-refractivity contribution in [2.24, 2.45) is 5.73 Å². The Bertz CT molecular complexity index is 1420. The summed E-state index contributed by atoms with van der Waals surface area (Å²) < 4.78 is 53.4. The van der Waals surface area contributed by atoms with Crippen LogP contribution < -0.4 is 11.1 Å². The standard InChI is InChI=1S/C24H21F4N5O2/c1-13-9-14(5-6-17(13)22(29)35)20-12-31-23-19(30-8-7-24(26,27)28)11-16(32-33(20)23)10-15-3-2-4-18(25)21(15)34/h2-6,9,11-12,30,34H,7-8,10H2,1H3,(H2,29,35). The molecule has 1 amide bonds. The summed E-state index contributed by atoms with van der Waals surface area (Å²) in [5.41, 5.74) is 8.74. The summed E-state index contributed by atoms with van der Waals surface area (Å²) in [6, 6.07) is 10.6. The summed E-state index contributed by atoms with van der Waals surface area (Å²) in [6.07, 6.45) is -3.86. The van der Waals surface area contributed by atoms with Crippen LogP contribution in [0.15, 0.2) is 48.7 Å². The number of rotatable bonds is 7. The lowest BCUT2D eigenvalue weighted by Gasteiger charge is -2.13. The molecular formula is C24H21F4N5O2. The fraction of sp³-hybridized carbons (Fsp3) is 0.208. The quantitative estimate of drug-likeness (QED) is 0.331. The van der Waals surface area contributed by atoms with Gasteiger partial charge in [-0.05, 0) is 36.8 Å². The van der Waals surface area contributed by atoms with E-state index in [0.717, 1.165) is 6.07 Å². The number of halogens is 4. The number of imidazole rings is 1. The molecule has 0 spiro atoms. The third kappa shape index (κ3) is 5.18. The van der Waals surface area contributed by atoms with Gasteiger partial charge in [0.05, 0.1) is 29.7 Å². The van der Waals surface area contributed by atoms with Crippen LogP contribution in [0, 0.1) is 12.7 Å². The number of benzene rings is 2. The van der Waals surface area contributed by atoms with Crippen molar-refractivity contribution in [1.29, 1.82) is 0 Å². The Morgan fingerprint density at radius 3 is 2.66 bits per heavy atom. The molecule has 7 nitrogen and oxygen atoms in total. The molecule has 0 radical (unpaired) electrons. The van der Waals surface area contributed by atoms with Crippen LogP contribution in [0.5, 0.6) is 5.75 Å². The van der Waals surface area contributed by atoms with Crippen LogP contribution >= 0.6 is 0 Å². The lowest BCUT2D eigenvalue weighted by Crippen LogP contribution is -2.15. The molecule has 0 saturated carbocycles. The van der Waals surface area contributed by atoms with Gasteiger partial charge in [-0.3, -0.25) is 4.79 Å². The molecule has 2 heterocycles. The molecule has 2 aromatic carbocycles. The number of hydrogen-bond donors (Lipinski definition) is 3. The van der Waals surface area contributed by atoms with Gasteiger partial charge >= 0.3 is 6.18 Å². The van der Waals surface area contributed by atoms with Crippen molar-refractivity contribution in [2.75, 3.05) is 11.9 Å². The Kier molecular flexibility index (Phi) is 6.33. The zero-order chi connectivity index (χ0) is 25.3. The highest BCUT2D eigenvalue weighted by molar-refractivity contribution is 5.94. The van der Waals surface area contributed by atoms with E-state index in [0.29, 0.717) is 33.8 Å². The van der Waals surface area contributed by atoms with Crippen LogP contribution in [-0.4, -0.2) is 38.3 Å². The molecule has 182 valence electrons. The molecule has 0 unspecified atom stereocenters. The van der Waals surface area contributed by atoms with Gasteiger partial charge in [0.25, 0.3) is 0 Å². The lowest BCUT2D eigenvalue weighted by molar-refractivity contribution is -0.131. The Hall–Kier alpha value is -4.15. The topological polar surface area (TPSA) is 106 Å². The lowest BCUT2D eigenvalue weighted by atomic mass is 10.0. The molecule has 11 heteroatoms. The summed E-state index contributed by atoms with van der Waals surface area (Å²) in [5, 5.41) is 17.4. The summed E-state index contributed by atoms with van der Waals surface area (Å²) >= 11 is 0. The van der Waals surface area contributed by atoms with Gasteiger partial charge in [-0.1, -0.05) is 18.2 Å². The van der Waals surface area contributed by atoms with E-state index in [4.69, 9.17) is 5.73 Å². The van der Waals surface area contributed by atoms with Gasteiger partial charge < -0.3 is 16.2 Å². The number of primary amides is 1. The van der Waals surface area contributed by atoms with E-state index in [-0.39, 0.29) is 24.2 Å². The van der Waals surface area contributed by atoms with Crippen LogP contribution in [0.3, 0.4) is 0 Å². The second-order valence-electron chi connectivity index (χ2n) is 8.04. The minimum absolute atomic E-state index is 0.0186. The Morgan fingerprint density at radius 1 is 1.20 bits per heavy atom. The highest BCUT2D eigenvalue weighted by Crippen LogP contribution is 2.29. The first-order chi connectivity index (χ1) is 16.5. The number of amides is 1. The number of anilines is 1. The smallest absolute Gasteiger partial charge is 0.390 e. The average molecular weight is 487 g/mol. The molecule has 4 aromatic rings. The predicted molar refractivity (Wildman–Crippen MR) is 122 cm³/mol. The van der Waals surface area contributed by atoms with Gasteiger partial charge in [-0.2, -0.15) is 18.3 Å². The first-order valence-electron chi connectivity index (χ1n) is 10.6. The van der Waals surface area contributed by atoms with E-state index in [2.05, 4.69) is 15.4 Å². The molecule has 4 rings (SSSR count). The number of aromatic nitrogens is 3. The van der Waals surface area contributed by atoms with Gasteiger partial charge in [0.2, 0.25) is 5.91 Å². The fourth-order valence-electron chi connectivity index (χ4n) is 3.77. The van der Waals surface area contributed by atoms with E-state index in [1.807, 2.05) is 0 Å². The number of carbonyl (C=O) groups is 1. The minimum atomic E-state index is -4.34. The summed E-state index contributed by atoms with van der Waals surface area (Å²) in [6.45, 7) is 1.34. The van der Waals surface area contributed by atoms with Crippen LogP contribution in [-0.2, 0) is 6.42 Å². The number of alkyl halides is 3. The molecule has 0 fully saturated rings. The normalized spacial score (nSPS) is 11.7. The van der Waals surface area contributed by atoms with Crippen molar-refractivity contribution in [3.63, 3.8) is 0 Å². The molecule has 0 atom stereocenters. The molecule has 35 heavy (non-hydrogen) atoms. The SMILES string of the molecule is Cc1cc(-c2cnc3c(NCCC(F)(F)F)cc(Cc4cccc(F)c4O)nn23)ccc1C(N)=O. The number of hydrogen-bond acceptors (Lipinski definition) is 5. The van der Waals surface area contributed by atoms with E-state index in [1.165, 1.54) is 28.9 Å². The monoisotopic (exact) mass is 487 g/mol. The maximum absolute atomic E-state index is 13.8. The highest BCUT2D eigenvalue weighted by Gasteiger charge is 2.26. The molecular weight excluding hydrogens is 466 g/mol. The second kappa shape index (κ2) is 9.24. The first kappa shape index (κ1) is 24.0. The third-order valence-electron chi connectivity index (χ3n) is 5.47. The second-order valence-corrected chi connectivity index (χ2v) is 8.04. The summed E-state index contributed by atoms with van der Waals surface area (Å²) in [7, 11) is 0. The summed E-state index contributed by atoms with van der Waals surface area (Å²) in [5.74, 6) is -1.89. The van der Waals surface area contributed by atoms with Crippen LogP contribution in [0.2, 0.25) is 0 Å². The number of phenols is 1. The number of para-hydroxylation sites is 1. The van der Waals surface area contributed by atoms with Gasteiger partial charge in [-0.15, -0.1) is 0 Å². The van der Waals surface area contributed by atoms with E-state index in [1.54, 1.807) is 25.1 Å². The molecule has 0 aliphatic rings. The van der Waals surface area contributed by atoms with Crippen LogP contribution in [0.4, 0.5) is 23.2 Å². The number of nitrogens with one attached hydrogen (secondary N) is 1. The van der Waals surface area contributed by atoms with Crippen molar-refractivity contribution in [1.82, 2.24) is 14.6 Å². The van der Waals surface area contributed by atoms with Crippen molar-refractivity contribution >= 4 is 17.2 Å². The number of phenolic OH excluding ortho intramolecular Hbond substituents is 1. The van der Waals surface area contributed by atoms with E-state index < -0.39 is 30.1 Å². The van der Waals surface area contributed by atoms with E-state index in [9.17, 15) is 27.5 Å². The summed E-state index contributed by atoms with van der Waals surface area (Å²) in [4.78, 5) is 15.9. The number of nitrogens with two attached hydrogens (primary N) is 1. The molecule has 4 N–H and O–H groups in total. The van der Waals surface area contributed by atoms with Crippen molar-refractivity contribution in [3.05, 3.63) is 76.9 Å². The van der Waals surface area contributed by atoms with Crippen LogP contribution in [0.25, 0.3) is 16.9 Å². The number of aromatic hydroxyl groups is 1. The zero-order valence-corrected chi connectivity index (χ0v) is 18.5. The number of fused-ring (bicyclic) bond motifs is 1. The number of nitrogens with zero attached hydrogens (tertiary/aromatic N) is 3. The Balaban J connectivity index is 1.80. The molecule has 0 aliphatic carbocycles. The maximum atomic E-state index is 13.8. The van der Waals surface area contributed by atoms with Crippen molar-refractivity contribution in [3.8, 4) is 17.0 Å². The molecule has 0 aliphatic heterocycles. The predicted octanol–water partition coefficient (Wildman–Crippen LogP) is 4.60. The fourth-order valence-corrected chi connectivity index (χ4v) is 3.77.